The van der Waals surface area contributed by atoms with Crippen LogP contribution in [0.4, 0.5) is 0 Å². The van der Waals surface area contributed by atoms with Crippen LogP contribution in [0.5, 0.6) is 0 Å². The predicted octanol–water partition coefficient (Wildman–Crippen LogP) is 2.35. The fourth-order valence-electron chi connectivity index (χ4n) is 2.50. The minimum Gasteiger partial charge on any atom is -0.550 e. The highest BCUT2D eigenvalue weighted by molar-refractivity contribution is 7.19. The number of hydrogen-bond donors (Lipinski definition) is 0. The van der Waals surface area contributed by atoms with Gasteiger partial charge in [0.1, 0.15) is 0 Å². The lowest BCUT2D eigenvalue weighted by atomic mass is 9.41. The lowest BCUT2D eigenvalue weighted by Crippen LogP contribution is -2.58. The summed E-state index contributed by atoms with van der Waals surface area (Å²) in [5, 5.41) is 0. The normalized spacial score (nSPS) is 32.5. The van der Waals surface area contributed by atoms with Gasteiger partial charge in [-0.3, -0.25) is 0 Å². The summed E-state index contributed by atoms with van der Waals surface area (Å²) in [6.45, 7) is 13.8. The van der Waals surface area contributed by atoms with Crippen LogP contribution in [0.3, 0.4) is 0 Å². The van der Waals surface area contributed by atoms with Gasteiger partial charge in [0.2, 0.25) is 0 Å². The molecule has 2 aliphatic heterocycles. The molecule has 0 N–H and O–H groups in total. The molecule has 2 heterocycles. The van der Waals surface area contributed by atoms with E-state index in [1.807, 2.05) is 55.4 Å². The number of rotatable bonds is 2. The van der Waals surface area contributed by atoms with E-state index in [0.717, 1.165) is 0 Å². The fraction of sp³-hybridized carbons (Fsp3) is 1.00. The van der Waals surface area contributed by atoms with E-state index in [1.54, 1.807) is 7.11 Å². The zero-order chi connectivity index (χ0) is 15.6. The standard InChI is InChI=1S/C13H27B2O5/c1-10(2)11(3,4)18-14(17-10)15(16-9)19-12(5,6)13(7,8)20-15/h1-9H3/q-1. The molecular formula is C13H27B2O5-. The van der Waals surface area contributed by atoms with Crippen molar-refractivity contribution in [2.24, 2.45) is 0 Å². The number of hydrogen-bond acceptors (Lipinski definition) is 5. The molecule has 2 saturated heterocycles. The Balaban J connectivity index is 2.33. The van der Waals surface area contributed by atoms with Crippen molar-refractivity contribution >= 4 is 13.7 Å². The molecule has 2 aliphatic rings. The fourth-order valence-corrected chi connectivity index (χ4v) is 2.50. The van der Waals surface area contributed by atoms with Gasteiger partial charge in [-0.25, -0.2) is 0 Å². The Hall–Kier alpha value is -0.0701. The van der Waals surface area contributed by atoms with Crippen LogP contribution in [-0.2, 0) is 23.3 Å². The van der Waals surface area contributed by atoms with E-state index in [-0.39, 0.29) is 0 Å². The summed E-state index contributed by atoms with van der Waals surface area (Å²) in [5.74, 6) is 0. The van der Waals surface area contributed by atoms with Crippen LogP contribution in [-0.4, -0.2) is 43.2 Å². The maximum absolute atomic E-state index is 6.14. The van der Waals surface area contributed by atoms with Crippen LogP contribution in [0.15, 0.2) is 0 Å². The molecule has 7 heteroatoms. The van der Waals surface area contributed by atoms with Gasteiger partial charge in [0.15, 0.2) is 0 Å². The molecule has 116 valence electrons. The third-order valence-electron chi connectivity index (χ3n) is 5.30. The van der Waals surface area contributed by atoms with Crippen LogP contribution >= 0.6 is 0 Å². The van der Waals surface area contributed by atoms with Crippen molar-refractivity contribution in [3.05, 3.63) is 0 Å². The molecule has 2 rings (SSSR count). The van der Waals surface area contributed by atoms with Gasteiger partial charge in [0, 0.05) is 11.2 Å². The summed E-state index contributed by atoms with van der Waals surface area (Å²) in [6, 6.07) is 0. The summed E-state index contributed by atoms with van der Waals surface area (Å²) in [4.78, 5) is 0. The van der Waals surface area contributed by atoms with E-state index in [9.17, 15) is 0 Å². The van der Waals surface area contributed by atoms with Crippen LogP contribution in [0, 0.1) is 0 Å². The minimum absolute atomic E-state index is 0.450. The second-order valence-corrected chi connectivity index (χ2v) is 7.81. The summed E-state index contributed by atoms with van der Waals surface area (Å²) in [5.41, 5.74) is -1.89. The lowest BCUT2D eigenvalue weighted by molar-refractivity contribution is 0.00578. The molecule has 0 bridgehead atoms. The van der Waals surface area contributed by atoms with Gasteiger partial charge in [-0.15, -0.1) is 0 Å². The van der Waals surface area contributed by atoms with Crippen molar-refractivity contribution in [3.8, 4) is 0 Å². The topological polar surface area (TPSA) is 46.2 Å². The largest absolute Gasteiger partial charge is 0.550 e. The second-order valence-electron chi connectivity index (χ2n) is 7.81. The Morgan fingerprint density at radius 3 is 1.35 bits per heavy atom. The molecule has 0 spiro atoms. The summed E-state index contributed by atoms with van der Waals surface area (Å²) >= 11 is 0. The zero-order valence-electron chi connectivity index (χ0n) is 14.2. The average Bonchev–Trinajstić information content (AvgIpc) is 2.57. The van der Waals surface area contributed by atoms with Crippen LogP contribution in [0.2, 0.25) is 0 Å². The lowest BCUT2D eigenvalue weighted by Gasteiger charge is -2.37. The highest BCUT2D eigenvalue weighted by Gasteiger charge is 2.64. The molecule has 0 aliphatic carbocycles. The van der Waals surface area contributed by atoms with Gasteiger partial charge >= 0.3 is 13.7 Å². The Kier molecular flexibility index (Phi) is 3.45. The van der Waals surface area contributed by atoms with Crippen molar-refractivity contribution in [1.29, 1.82) is 0 Å². The molecular weight excluding hydrogens is 258 g/mol. The SMILES string of the molecule is CO[B-]1(B2OC(C)(C)C(C)(C)O2)OC(C)(C)C(C)(C)O1. The average molecular weight is 285 g/mol. The van der Waals surface area contributed by atoms with Crippen molar-refractivity contribution in [2.45, 2.75) is 77.8 Å². The first-order valence-corrected chi connectivity index (χ1v) is 7.24. The summed E-state index contributed by atoms with van der Waals surface area (Å²) < 4.78 is 30.0. The Morgan fingerprint density at radius 1 is 0.700 bits per heavy atom. The predicted molar refractivity (Wildman–Crippen MR) is 79.2 cm³/mol. The molecule has 0 saturated carbocycles. The molecule has 2 fully saturated rings. The van der Waals surface area contributed by atoms with Gasteiger partial charge < -0.3 is 23.3 Å². The van der Waals surface area contributed by atoms with E-state index in [4.69, 9.17) is 23.3 Å². The molecule has 0 aromatic rings. The second kappa shape index (κ2) is 4.23. The minimum atomic E-state index is -2.12. The first kappa shape index (κ1) is 16.3. The monoisotopic (exact) mass is 285 g/mol. The van der Waals surface area contributed by atoms with Crippen LogP contribution in [0.25, 0.3) is 0 Å². The zero-order valence-corrected chi connectivity index (χ0v) is 14.2. The molecule has 0 atom stereocenters. The quantitative estimate of drug-likeness (QED) is 0.729. The molecule has 5 nitrogen and oxygen atoms in total. The molecule has 0 unspecified atom stereocenters. The highest BCUT2D eigenvalue weighted by Crippen LogP contribution is 2.47. The summed E-state index contributed by atoms with van der Waals surface area (Å²) in [7, 11) is 0.897. The molecule has 0 radical (unpaired) electrons. The first-order chi connectivity index (χ1) is 8.79. The van der Waals surface area contributed by atoms with E-state index >= 15 is 0 Å². The molecule has 0 amide bonds. The van der Waals surface area contributed by atoms with Gasteiger partial charge in [0.05, 0.1) is 11.2 Å². The van der Waals surface area contributed by atoms with E-state index in [1.165, 1.54) is 0 Å². The summed E-state index contributed by atoms with van der Waals surface area (Å²) in [6.07, 6.45) is 0. The Labute approximate surface area is 122 Å². The molecule has 0 aromatic heterocycles. The van der Waals surface area contributed by atoms with Gasteiger partial charge in [0.25, 0.3) is 0 Å². The Morgan fingerprint density at radius 2 is 1.05 bits per heavy atom. The smallest absolute Gasteiger partial charge is 0.406 e. The third-order valence-corrected chi connectivity index (χ3v) is 5.30. The van der Waals surface area contributed by atoms with Crippen LogP contribution < -0.4 is 0 Å². The van der Waals surface area contributed by atoms with Gasteiger partial charge in [-0.2, -0.15) is 0 Å². The highest BCUT2D eigenvalue weighted by atomic mass is 16.8. The van der Waals surface area contributed by atoms with Crippen LogP contribution in [0.1, 0.15) is 55.4 Å². The molecule has 0 aromatic carbocycles. The molecule has 20 heavy (non-hydrogen) atoms. The van der Waals surface area contributed by atoms with Crippen molar-refractivity contribution in [2.75, 3.05) is 7.11 Å². The first-order valence-electron chi connectivity index (χ1n) is 7.24. The van der Waals surface area contributed by atoms with Gasteiger partial charge in [-0.05, 0) is 62.5 Å². The van der Waals surface area contributed by atoms with E-state index in [2.05, 4.69) is 0 Å². The maximum Gasteiger partial charge on any atom is 0.406 e. The van der Waals surface area contributed by atoms with Crippen molar-refractivity contribution in [3.63, 3.8) is 0 Å². The third kappa shape index (κ3) is 2.15. The van der Waals surface area contributed by atoms with Crippen molar-refractivity contribution in [1.82, 2.24) is 0 Å². The van der Waals surface area contributed by atoms with E-state index < -0.39 is 36.1 Å². The Bertz CT molecular complexity index is 374. The van der Waals surface area contributed by atoms with E-state index in [0.29, 0.717) is 0 Å². The van der Waals surface area contributed by atoms with Gasteiger partial charge in [-0.1, -0.05) is 0 Å². The van der Waals surface area contributed by atoms with Crippen molar-refractivity contribution < 1.29 is 23.3 Å². The maximum atomic E-state index is 6.14.